The van der Waals surface area contributed by atoms with Gasteiger partial charge in [0.2, 0.25) is 5.91 Å². The molecule has 0 aromatic heterocycles. The minimum atomic E-state index is -0.560. The second-order valence-electron chi connectivity index (χ2n) is 1.47. The zero-order valence-corrected chi connectivity index (χ0v) is 4.09. The third-order valence-corrected chi connectivity index (χ3v) is 0.936. The van der Waals surface area contributed by atoms with Crippen LogP contribution in [0.1, 0.15) is 0 Å². The Bertz CT molecular complexity index is 177. The predicted molar refractivity (Wildman–Crippen MR) is 26.4 cm³/mol. The van der Waals surface area contributed by atoms with Crippen LogP contribution in [-0.4, -0.2) is 5.91 Å². The number of carbonyl (C=O) groups is 1. The van der Waals surface area contributed by atoms with Gasteiger partial charge in [0.1, 0.15) is 5.92 Å². The molecule has 1 unspecified atom stereocenters. The first kappa shape index (κ1) is 4.85. The van der Waals surface area contributed by atoms with Crippen molar-refractivity contribution >= 4 is 5.91 Å². The number of nitrogens with zero attached hydrogens (tertiary/aromatic N) is 1. The summed E-state index contributed by atoms with van der Waals surface area (Å²) in [6, 6.07) is 1.81. The molecule has 1 heterocycles. The molecule has 8 heavy (non-hydrogen) atoms. The lowest BCUT2D eigenvalue weighted by molar-refractivity contribution is -0.120. The molecule has 0 radical (unpaired) electrons. The first-order valence-corrected chi connectivity index (χ1v) is 2.21. The fraction of sp³-hybridized carbons (Fsp3) is 0.200. The van der Waals surface area contributed by atoms with Crippen LogP contribution in [0.5, 0.6) is 0 Å². The maximum absolute atomic E-state index is 10.4. The second kappa shape index (κ2) is 1.66. The summed E-state index contributed by atoms with van der Waals surface area (Å²) in [6.45, 7) is 0. The van der Waals surface area contributed by atoms with E-state index in [0.29, 0.717) is 0 Å². The van der Waals surface area contributed by atoms with E-state index in [-0.39, 0.29) is 5.91 Å². The molecule has 3 heteroatoms. The van der Waals surface area contributed by atoms with Crippen molar-refractivity contribution in [2.75, 3.05) is 0 Å². The van der Waals surface area contributed by atoms with E-state index in [1.807, 2.05) is 6.07 Å². The molecule has 1 N–H and O–H groups in total. The zero-order valence-electron chi connectivity index (χ0n) is 4.09. The van der Waals surface area contributed by atoms with Gasteiger partial charge < -0.3 is 5.32 Å². The standard InChI is InChI=1S/C5H4N2O/c6-3-4-1-2-7-5(4)8/h1-2,4H,(H,7,8). The van der Waals surface area contributed by atoms with Crippen molar-refractivity contribution in [1.29, 1.82) is 5.26 Å². The quantitative estimate of drug-likeness (QED) is 0.466. The van der Waals surface area contributed by atoms with Crippen LogP contribution in [0, 0.1) is 17.2 Å². The van der Waals surface area contributed by atoms with Gasteiger partial charge in [0.05, 0.1) is 6.07 Å². The fourth-order valence-corrected chi connectivity index (χ4v) is 0.505. The van der Waals surface area contributed by atoms with Crippen molar-refractivity contribution < 1.29 is 4.79 Å². The maximum atomic E-state index is 10.4. The zero-order chi connectivity index (χ0) is 5.98. The Morgan fingerprint density at radius 1 is 1.88 bits per heavy atom. The molecule has 40 valence electrons. The van der Waals surface area contributed by atoms with Crippen molar-refractivity contribution in [3.63, 3.8) is 0 Å². The number of nitrogens with one attached hydrogen (secondary N) is 1. The van der Waals surface area contributed by atoms with Gasteiger partial charge in [0.25, 0.3) is 0 Å². The summed E-state index contributed by atoms with van der Waals surface area (Å²) in [6.07, 6.45) is 3.01. The monoisotopic (exact) mass is 108 g/mol. The fourth-order valence-electron chi connectivity index (χ4n) is 0.505. The number of nitriles is 1. The highest BCUT2D eigenvalue weighted by Gasteiger charge is 2.16. The first-order chi connectivity index (χ1) is 3.84. The average Bonchev–Trinajstić information content (AvgIpc) is 2.14. The molecule has 0 fully saturated rings. The number of rotatable bonds is 0. The van der Waals surface area contributed by atoms with Gasteiger partial charge in [-0.05, 0) is 6.08 Å². The lowest BCUT2D eigenvalue weighted by Crippen LogP contribution is -2.16. The molecule has 0 aromatic rings. The topological polar surface area (TPSA) is 52.9 Å². The van der Waals surface area contributed by atoms with E-state index >= 15 is 0 Å². The van der Waals surface area contributed by atoms with E-state index in [9.17, 15) is 4.79 Å². The van der Waals surface area contributed by atoms with Crippen molar-refractivity contribution in [2.24, 2.45) is 5.92 Å². The summed E-state index contributed by atoms with van der Waals surface area (Å²) in [5.74, 6) is -0.789. The van der Waals surface area contributed by atoms with E-state index < -0.39 is 5.92 Å². The van der Waals surface area contributed by atoms with Crippen molar-refractivity contribution in [3.05, 3.63) is 12.3 Å². The first-order valence-electron chi connectivity index (χ1n) is 2.21. The van der Waals surface area contributed by atoms with E-state index in [4.69, 9.17) is 5.26 Å². The highest BCUT2D eigenvalue weighted by molar-refractivity contribution is 5.86. The average molecular weight is 108 g/mol. The molecular formula is C5H4N2O. The minimum absolute atomic E-state index is 0.229. The van der Waals surface area contributed by atoms with Gasteiger partial charge in [-0.1, -0.05) is 0 Å². The molecule has 0 aromatic carbocycles. The van der Waals surface area contributed by atoms with Crippen LogP contribution in [0.2, 0.25) is 0 Å². The molecule has 1 aliphatic heterocycles. The van der Waals surface area contributed by atoms with Crippen LogP contribution in [0.4, 0.5) is 0 Å². The van der Waals surface area contributed by atoms with Gasteiger partial charge in [-0.25, -0.2) is 0 Å². The van der Waals surface area contributed by atoms with Crippen LogP contribution in [0.3, 0.4) is 0 Å². The van der Waals surface area contributed by atoms with E-state index in [2.05, 4.69) is 5.32 Å². The van der Waals surface area contributed by atoms with Crippen LogP contribution >= 0.6 is 0 Å². The molecule has 1 rings (SSSR count). The summed E-state index contributed by atoms with van der Waals surface area (Å²) < 4.78 is 0. The Balaban J connectivity index is 2.71. The van der Waals surface area contributed by atoms with Gasteiger partial charge >= 0.3 is 0 Å². The second-order valence-corrected chi connectivity index (χ2v) is 1.47. The Hall–Kier alpha value is -1.30. The molecule has 1 amide bonds. The molecule has 0 bridgehead atoms. The minimum Gasteiger partial charge on any atom is -0.332 e. The largest absolute Gasteiger partial charge is 0.332 e. The predicted octanol–water partition coefficient (Wildman–Crippen LogP) is -0.230. The normalized spacial score (nSPS) is 24.9. The van der Waals surface area contributed by atoms with E-state index in [0.717, 1.165) is 0 Å². The van der Waals surface area contributed by atoms with Crippen molar-refractivity contribution in [1.82, 2.24) is 5.32 Å². The lowest BCUT2D eigenvalue weighted by Gasteiger charge is -1.88. The smallest absolute Gasteiger partial charge is 0.245 e. The molecule has 0 spiro atoms. The van der Waals surface area contributed by atoms with Gasteiger partial charge in [-0.3, -0.25) is 4.79 Å². The van der Waals surface area contributed by atoms with Crippen LogP contribution in [0.15, 0.2) is 12.3 Å². The SMILES string of the molecule is N#CC1C=CNC1=O. The number of carbonyl (C=O) groups excluding carboxylic acids is 1. The van der Waals surface area contributed by atoms with Crippen molar-refractivity contribution in [2.45, 2.75) is 0 Å². The summed E-state index contributed by atoms with van der Waals surface area (Å²) in [5.41, 5.74) is 0. The van der Waals surface area contributed by atoms with E-state index in [1.54, 1.807) is 0 Å². The Morgan fingerprint density at radius 3 is 2.88 bits per heavy atom. The number of hydrogen-bond donors (Lipinski definition) is 1. The third kappa shape index (κ3) is 0.562. The Morgan fingerprint density at radius 2 is 2.62 bits per heavy atom. The summed E-state index contributed by atoms with van der Waals surface area (Å²) in [5, 5.41) is 10.6. The summed E-state index contributed by atoms with van der Waals surface area (Å²) in [7, 11) is 0. The van der Waals surface area contributed by atoms with E-state index in [1.165, 1.54) is 12.3 Å². The molecule has 3 nitrogen and oxygen atoms in total. The number of amides is 1. The van der Waals surface area contributed by atoms with Crippen LogP contribution in [0.25, 0.3) is 0 Å². The summed E-state index contributed by atoms with van der Waals surface area (Å²) >= 11 is 0. The van der Waals surface area contributed by atoms with Gasteiger partial charge in [0, 0.05) is 6.20 Å². The highest BCUT2D eigenvalue weighted by Crippen LogP contribution is 2.01. The van der Waals surface area contributed by atoms with Crippen LogP contribution in [-0.2, 0) is 4.79 Å². The van der Waals surface area contributed by atoms with Gasteiger partial charge in [-0.15, -0.1) is 0 Å². The van der Waals surface area contributed by atoms with Crippen LogP contribution < -0.4 is 5.32 Å². The number of hydrogen-bond acceptors (Lipinski definition) is 2. The molecule has 0 aliphatic carbocycles. The van der Waals surface area contributed by atoms with Gasteiger partial charge in [0.15, 0.2) is 0 Å². The molecular weight excluding hydrogens is 104 g/mol. The Labute approximate surface area is 46.6 Å². The summed E-state index contributed by atoms with van der Waals surface area (Å²) in [4.78, 5) is 10.4. The molecule has 0 saturated heterocycles. The van der Waals surface area contributed by atoms with Crippen molar-refractivity contribution in [3.8, 4) is 6.07 Å². The molecule has 1 aliphatic rings. The molecule has 1 atom stereocenters. The lowest BCUT2D eigenvalue weighted by atomic mass is 10.2. The van der Waals surface area contributed by atoms with Gasteiger partial charge in [-0.2, -0.15) is 5.26 Å². The Kier molecular flexibility index (Phi) is 1.01. The maximum Gasteiger partial charge on any atom is 0.245 e. The highest BCUT2D eigenvalue weighted by atomic mass is 16.1. The molecule has 0 saturated carbocycles. The third-order valence-electron chi connectivity index (χ3n) is 0.936.